The number of hydrogen-bond acceptors (Lipinski definition) is 1. The molecule has 0 aliphatic heterocycles. The van der Waals surface area contributed by atoms with Crippen LogP contribution in [0.25, 0.3) is 0 Å². The lowest BCUT2D eigenvalue weighted by molar-refractivity contribution is -0.120. The summed E-state index contributed by atoms with van der Waals surface area (Å²) < 4.78 is 0. The standard InChI is InChI=1S/C22H20ClNO/c1-16-8-5-6-13-20(16)22(18-10-3-2-4-11-18)24-21(25)15-17-9-7-12-19(23)14-17/h2-14,22H,15H2,1H3,(H,24,25)/t22-/m0/s1. The highest BCUT2D eigenvalue weighted by Gasteiger charge is 2.18. The molecule has 0 saturated carbocycles. The third-order valence-corrected chi connectivity index (χ3v) is 4.43. The molecular weight excluding hydrogens is 330 g/mol. The lowest BCUT2D eigenvalue weighted by Gasteiger charge is -2.22. The van der Waals surface area contributed by atoms with Gasteiger partial charge in [0.2, 0.25) is 5.91 Å². The van der Waals surface area contributed by atoms with Crippen molar-refractivity contribution in [3.05, 3.63) is 106 Å². The van der Waals surface area contributed by atoms with Gasteiger partial charge in [0.1, 0.15) is 0 Å². The quantitative estimate of drug-likeness (QED) is 0.682. The fraction of sp³-hybridized carbons (Fsp3) is 0.136. The number of aryl methyl sites for hydroxylation is 1. The molecule has 1 atom stereocenters. The Labute approximate surface area is 153 Å². The van der Waals surface area contributed by atoms with Crippen LogP contribution in [-0.2, 0) is 11.2 Å². The molecule has 126 valence electrons. The molecule has 1 amide bonds. The zero-order chi connectivity index (χ0) is 17.6. The van der Waals surface area contributed by atoms with Gasteiger partial charge < -0.3 is 5.32 Å². The Morgan fingerprint density at radius 3 is 2.40 bits per heavy atom. The van der Waals surface area contributed by atoms with E-state index in [0.29, 0.717) is 11.4 Å². The smallest absolute Gasteiger partial charge is 0.225 e. The lowest BCUT2D eigenvalue weighted by Crippen LogP contribution is -2.31. The van der Waals surface area contributed by atoms with Gasteiger partial charge in [-0.05, 0) is 41.3 Å². The molecule has 3 heteroatoms. The van der Waals surface area contributed by atoms with E-state index in [2.05, 4.69) is 24.4 Å². The molecule has 25 heavy (non-hydrogen) atoms. The van der Waals surface area contributed by atoms with E-state index in [9.17, 15) is 4.79 Å². The first-order chi connectivity index (χ1) is 12.1. The molecule has 2 nitrogen and oxygen atoms in total. The third kappa shape index (κ3) is 4.49. The van der Waals surface area contributed by atoms with E-state index in [1.807, 2.05) is 66.7 Å². The van der Waals surface area contributed by atoms with Crippen LogP contribution in [0.5, 0.6) is 0 Å². The summed E-state index contributed by atoms with van der Waals surface area (Å²) in [6, 6.07) is 25.4. The van der Waals surface area contributed by atoms with E-state index in [1.165, 1.54) is 0 Å². The molecule has 0 unspecified atom stereocenters. The monoisotopic (exact) mass is 349 g/mol. The molecule has 0 spiro atoms. The van der Waals surface area contributed by atoms with Crippen molar-refractivity contribution in [3.8, 4) is 0 Å². The van der Waals surface area contributed by atoms with Gasteiger partial charge in [0.05, 0.1) is 12.5 Å². The number of nitrogens with one attached hydrogen (secondary N) is 1. The van der Waals surface area contributed by atoms with E-state index < -0.39 is 0 Å². The summed E-state index contributed by atoms with van der Waals surface area (Å²) >= 11 is 6.01. The maximum Gasteiger partial charge on any atom is 0.225 e. The maximum absolute atomic E-state index is 12.6. The number of amides is 1. The molecule has 1 N–H and O–H groups in total. The fourth-order valence-corrected chi connectivity index (χ4v) is 3.15. The van der Waals surface area contributed by atoms with Crippen LogP contribution >= 0.6 is 11.6 Å². The first kappa shape index (κ1) is 17.2. The minimum absolute atomic E-state index is 0.0284. The molecule has 0 aliphatic rings. The van der Waals surface area contributed by atoms with Crippen molar-refractivity contribution in [2.45, 2.75) is 19.4 Å². The predicted octanol–water partition coefficient (Wildman–Crippen LogP) is 5.10. The zero-order valence-corrected chi connectivity index (χ0v) is 14.8. The fourth-order valence-electron chi connectivity index (χ4n) is 2.94. The Bertz CT molecular complexity index is 861. The van der Waals surface area contributed by atoms with Crippen LogP contribution in [0.3, 0.4) is 0 Å². The van der Waals surface area contributed by atoms with Gasteiger partial charge in [-0.15, -0.1) is 0 Å². The van der Waals surface area contributed by atoms with Gasteiger partial charge in [-0.3, -0.25) is 4.79 Å². The van der Waals surface area contributed by atoms with Crippen LogP contribution in [0.1, 0.15) is 28.3 Å². The molecule has 3 aromatic carbocycles. The molecule has 3 rings (SSSR count). The molecule has 3 aromatic rings. The normalized spacial score (nSPS) is 11.8. The Hall–Kier alpha value is -2.58. The summed E-state index contributed by atoms with van der Waals surface area (Å²) in [5.41, 5.74) is 4.23. The van der Waals surface area contributed by atoms with Crippen molar-refractivity contribution in [1.29, 1.82) is 0 Å². The summed E-state index contributed by atoms with van der Waals surface area (Å²) in [5, 5.41) is 3.82. The van der Waals surface area contributed by atoms with Crippen LogP contribution in [0, 0.1) is 6.92 Å². The number of hydrogen-bond donors (Lipinski definition) is 1. The SMILES string of the molecule is Cc1ccccc1[C@@H](NC(=O)Cc1cccc(Cl)c1)c1ccccc1. The highest BCUT2D eigenvalue weighted by molar-refractivity contribution is 6.30. The van der Waals surface area contributed by atoms with E-state index in [4.69, 9.17) is 11.6 Å². The van der Waals surface area contributed by atoms with Crippen molar-refractivity contribution in [3.63, 3.8) is 0 Å². The zero-order valence-electron chi connectivity index (χ0n) is 14.1. The maximum atomic E-state index is 12.6. The van der Waals surface area contributed by atoms with Gasteiger partial charge in [-0.25, -0.2) is 0 Å². The average Bonchev–Trinajstić information content (AvgIpc) is 2.61. The molecule has 0 aliphatic carbocycles. The number of rotatable bonds is 5. The van der Waals surface area contributed by atoms with Gasteiger partial charge in [-0.2, -0.15) is 0 Å². The number of benzene rings is 3. The summed E-state index contributed by atoms with van der Waals surface area (Å²) in [7, 11) is 0. The van der Waals surface area contributed by atoms with Gasteiger partial charge in [-0.1, -0.05) is 78.3 Å². The Morgan fingerprint density at radius 2 is 1.68 bits per heavy atom. The molecule has 0 aromatic heterocycles. The second-order valence-corrected chi connectivity index (χ2v) is 6.51. The molecule has 0 fully saturated rings. The van der Waals surface area contributed by atoms with Crippen molar-refractivity contribution >= 4 is 17.5 Å². The minimum atomic E-state index is -0.172. The van der Waals surface area contributed by atoms with E-state index >= 15 is 0 Å². The largest absolute Gasteiger partial charge is 0.345 e. The number of carbonyl (C=O) groups is 1. The summed E-state index contributed by atoms with van der Waals surface area (Å²) in [6.07, 6.45) is 0.301. The van der Waals surface area contributed by atoms with Crippen LogP contribution in [0.2, 0.25) is 5.02 Å². The third-order valence-electron chi connectivity index (χ3n) is 4.19. The highest BCUT2D eigenvalue weighted by Crippen LogP contribution is 2.25. The van der Waals surface area contributed by atoms with Gasteiger partial charge in [0.15, 0.2) is 0 Å². The Morgan fingerprint density at radius 1 is 0.960 bits per heavy atom. The molecule has 0 saturated heterocycles. The van der Waals surface area contributed by atoms with Crippen LogP contribution in [-0.4, -0.2) is 5.91 Å². The average molecular weight is 350 g/mol. The molecule has 0 bridgehead atoms. The molecular formula is C22H20ClNO. The van der Waals surface area contributed by atoms with Crippen LogP contribution in [0.15, 0.2) is 78.9 Å². The van der Waals surface area contributed by atoms with E-state index in [1.54, 1.807) is 0 Å². The number of halogens is 1. The topological polar surface area (TPSA) is 29.1 Å². The van der Waals surface area contributed by atoms with E-state index in [0.717, 1.165) is 22.3 Å². The van der Waals surface area contributed by atoms with Crippen molar-refractivity contribution in [1.82, 2.24) is 5.32 Å². The lowest BCUT2D eigenvalue weighted by atomic mass is 9.94. The summed E-state index contributed by atoms with van der Waals surface area (Å²) in [6.45, 7) is 2.06. The number of carbonyl (C=O) groups excluding carboxylic acids is 1. The second kappa shape index (κ2) is 8.00. The summed E-state index contributed by atoms with van der Waals surface area (Å²) in [4.78, 5) is 12.6. The highest BCUT2D eigenvalue weighted by atomic mass is 35.5. The summed E-state index contributed by atoms with van der Waals surface area (Å²) in [5.74, 6) is -0.0284. The first-order valence-electron chi connectivity index (χ1n) is 8.28. The van der Waals surface area contributed by atoms with Crippen LogP contribution < -0.4 is 5.32 Å². The molecule has 0 heterocycles. The van der Waals surface area contributed by atoms with Crippen molar-refractivity contribution in [2.24, 2.45) is 0 Å². The van der Waals surface area contributed by atoms with Crippen LogP contribution in [0.4, 0.5) is 0 Å². The predicted molar refractivity (Wildman–Crippen MR) is 103 cm³/mol. The molecule has 0 radical (unpaired) electrons. The minimum Gasteiger partial charge on any atom is -0.345 e. The second-order valence-electron chi connectivity index (χ2n) is 6.07. The Kier molecular flexibility index (Phi) is 5.52. The van der Waals surface area contributed by atoms with Crippen molar-refractivity contribution < 1.29 is 4.79 Å². The first-order valence-corrected chi connectivity index (χ1v) is 8.65. The van der Waals surface area contributed by atoms with E-state index in [-0.39, 0.29) is 11.9 Å². The van der Waals surface area contributed by atoms with Gasteiger partial charge in [0, 0.05) is 5.02 Å². The van der Waals surface area contributed by atoms with Gasteiger partial charge in [0.25, 0.3) is 0 Å². The Balaban J connectivity index is 1.85. The van der Waals surface area contributed by atoms with Crippen molar-refractivity contribution in [2.75, 3.05) is 0 Å². The van der Waals surface area contributed by atoms with Gasteiger partial charge >= 0.3 is 0 Å².